The number of ketones is 1. The summed E-state index contributed by atoms with van der Waals surface area (Å²) in [6, 6.07) is 7.07. The molecule has 0 saturated heterocycles. The van der Waals surface area contributed by atoms with Gasteiger partial charge in [-0.15, -0.1) is 0 Å². The molecule has 4 heteroatoms. The van der Waals surface area contributed by atoms with Gasteiger partial charge in [-0.2, -0.15) is 0 Å². The zero-order valence-electron chi connectivity index (χ0n) is 13.5. The zero-order valence-corrected chi connectivity index (χ0v) is 13.5. The summed E-state index contributed by atoms with van der Waals surface area (Å²) in [4.78, 5) is 24.5. The second kappa shape index (κ2) is 6.18. The molecule has 0 aliphatic carbocycles. The molecule has 0 unspecified atom stereocenters. The summed E-state index contributed by atoms with van der Waals surface area (Å²) in [5.41, 5.74) is 3.05. The lowest BCUT2D eigenvalue weighted by atomic mass is 10.0. The number of aryl methyl sites for hydroxylation is 4. The third kappa shape index (κ3) is 3.27. The molecule has 0 fully saturated rings. The molecule has 2 rings (SSSR count). The van der Waals surface area contributed by atoms with E-state index in [0.717, 1.165) is 11.1 Å². The van der Waals surface area contributed by atoms with Gasteiger partial charge in [-0.3, -0.25) is 4.79 Å². The maximum atomic E-state index is 12.4. The first-order valence-corrected chi connectivity index (χ1v) is 7.19. The number of rotatable bonds is 4. The van der Waals surface area contributed by atoms with Crippen LogP contribution in [0.1, 0.15) is 50.3 Å². The Morgan fingerprint density at radius 2 is 1.73 bits per heavy atom. The molecule has 0 amide bonds. The van der Waals surface area contributed by atoms with Crippen molar-refractivity contribution < 1.29 is 18.7 Å². The van der Waals surface area contributed by atoms with Gasteiger partial charge in [0.1, 0.15) is 17.1 Å². The van der Waals surface area contributed by atoms with Crippen LogP contribution in [-0.4, -0.2) is 17.9 Å². The minimum Gasteiger partial charge on any atom is -0.466 e. The van der Waals surface area contributed by atoms with Crippen LogP contribution in [0.4, 0.5) is 0 Å². The van der Waals surface area contributed by atoms with E-state index in [2.05, 4.69) is 0 Å². The van der Waals surface area contributed by atoms with Crippen molar-refractivity contribution in [2.45, 2.75) is 40.7 Å². The number of Topliss-reactive ketones (excluding diaryl/α,β-unsaturated/α-hetero) is 1. The maximum absolute atomic E-state index is 12.4. The van der Waals surface area contributed by atoms with Gasteiger partial charge in [-0.25, -0.2) is 4.79 Å². The van der Waals surface area contributed by atoms with Crippen LogP contribution in [0, 0.1) is 27.7 Å². The van der Waals surface area contributed by atoms with Crippen LogP contribution in [-0.2, 0) is 4.74 Å². The topological polar surface area (TPSA) is 56.5 Å². The highest BCUT2D eigenvalue weighted by molar-refractivity contribution is 6.01. The minimum absolute atomic E-state index is 0.214. The number of esters is 1. The number of carbonyl (C=O) groups is 2. The molecule has 0 saturated carbocycles. The van der Waals surface area contributed by atoms with E-state index in [-0.39, 0.29) is 5.78 Å². The predicted octanol–water partition coefficient (Wildman–Crippen LogP) is 3.94. The molecule has 2 aromatic rings. The van der Waals surface area contributed by atoms with Crippen molar-refractivity contribution in [3.63, 3.8) is 0 Å². The Balaban J connectivity index is 2.12. The lowest BCUT2D eigenvalue weighted by molar-refractivity contribution is 0.0317. The minimum atomic E-state index is -0.843. The van der Waals surface area contributed by atoms with Crippen LogP contribution in [0.15, 0.2) is 28.7 Å². The molecule has 1 aromatic carbocycles. The molecular formula is C18H20O4. The third-order valence-electron chi connectivity index (χ3n) is 3.71. The molecule has 4 nitrogen and oxygen atoms in total. The maximum Gasteiger partial charge on any atom is 0.342 e. The van der Waals surface area contributed by atoms with Gasteiger partial charge in [0.25, 0.3) is 0 Å². The molecule has 116 valence electrons. The molecule has 0 N–H and O–H groups in total. The van der Waals surface area contributed by atoms with Crippen molar-refractivity contribution >= 4 is 11.8 Å². The average Bonchev–Trinajstić information content (AvgIpc) is 2.80. The summed E-state index contributed by atoms with van der Waals surface area (Å²) < 4.78 is 10.6. The van der Waals surface area contributed by atoms with Crippen LogP contribution in [0.3, 0.4) is 0 Å². The van der Waals surface area contributed by atoms with Crippen LogP contribution >= 0.6 is 0 Å². The Morgan fingerprint density at radius 3 is 2.27 bits per heavy atom. The molecule has 1 aromatic heterocycles. The SMILES string of the molecule is Cc1cc(C(=O)O[C@@H](C)C(=O)c2ccc(C)c(C)c2)c(C)o1. The summed E-state index contributed by atoms with van der Waals surface area (Å²) in [5, 5.41) is 0. The van der Waals surface area contributed by atoms with Crippen molar-refractivity contribution in [2.75, 3.05) is 0 Å². The number of carbonyl (C=O) groups excluding carboxylic acids is 2. The number of hydrogen-bond acceptors (Lipinski definition) is 4. The van der Waals surface area contributed by atoms with Gasteiger partial charge in [0.05, 0.1) is 0 Å². The molecule has 0 aliphatic rings. The fourth-order valence-corrected chi connectivity index (χ4v) is 2.24. The van der Waals surface area contributed by atoms with Gasteiger partial charge < -0.3 is 9.15 Å². The first-order valence-electron chi connectivity index (χ1n) is 7.19. The summed E-state index contributed by atoms with van der Waals surface area (Å²) in [6.07, 6.45) is -0.843. The van der Waals surface area contributed by atoms with E-state index in [1.165, 1.54) is 0 Å². The number of furan rings is 1. The molecule has 0 spiro atoms. The Bertz CT molecular complexity index is 725. The molecular weight excluding hydrogens is 280 g/mol. The number of ether oxygens (including phenoxy) is 1. The highest BCUT2D eigenvalue weighted by Gasteiger charge is 2.23. The van der Waals surface area contributed by atoms with Crippen molar-refractivity contribution in [3.05, 3.63) is 58.0 Å². The van der Waals surface area contributed by atoms with Crippen LogP contribution in [0.5, 0.6) is 0 Å². The second-order valence-electron chi connectivity index (χ2n) is 5.54. The van der Waals surface area contributed by atoms with Gasteiger partial charge in [0.2, 0.25) is 5.78 Å². The lowest BCUT2D eigenvalue weighted by Crippen LogP contribution is -2.24. The molecule has 1 atom stereocenters. The van der Waals surface area contributed by atoms with Crippen LogP contribution in [0.25, 0.3) is 0 Å². The molecule has 1 heterocycles. The van der Waals surface area contributed by atoms with Gasteiger partial charge in [0, 0.05) is 5.56 Å². The van der Waals surface area contributed by atoms with Crippen molar-refractivity contribution in [1.82, 2.24) is 0 Å². The summed E-state index contributed by atoms with van der Waals surface area (Å²) >= 11 is 0. The summed E-state index contributed by atoms with van der Waals surface area (Å²) in [7, 11) is 0. The molecule has 22 heavy (non-hydrogen) atoms. The predicted molar refractivity (Wildman–Crippen MR) is 83.3 cm³/mol. The smallest absolute Gasteiger partial charge is 0.342 e. The Morgan fingerprint density at radius 1 is 1.05 bits per heavy atom. The van der Waals surface area contributed by atoms with Gasteiger partial charge >= 0.3 is 5.97 Å². The Kier molecular flexibility index (Phi) is 4.50. The molecule has 0 bridgehead atoms. The molecule has 0 radical (unpaired) electrons. The van der Waals surface area contributed by atoms with Gasteiger partial charge in [-0.1, -0.05) is 12.1 Å². The summed E-state index contributed by atoms with van der Waals surface area (Å²) in [6.45, 7) is 8.96. The van der Waals surface area contributed by atoms with E-state index < -0.39 is 12.1 Å². The summed E-state index contributed by atoms with van der Waals surface area (Å²) in [5.74, 6) is 0.374. The van der Waals surface area contributed by atoms with Crippen molar-refractivity contribution in [3.8, 4) is 0 Å². The van der Waals surface area contributed by atoms with E-state index in [1.54, 1.807) is 32.9 Å². The zero-order chi connectivity index (χ0) is 16.4. The van der Waals surface area contributed by atoms with E-state index in [1.807, 2.05) is 26.0 Å². The fraction of sp³-hybridized carbons (Fsp3) is 0.333. The van der Waals surface area contributed by atoms with Crippen LogP contribution < -0.4 is 0 Å². The Labute approximate surface area is 130 Å². The largest absolute Gasteiger partial charge is 0.466 e. The van der Waals surface area contributed by atoms with E-state index in [9.17, 15) is 9.59 Å². The monoisotopic (exact) mass is 300 g/mol. The van der Waals surface area contributed by atoms with E-state index >= 15 is 0 Å². The normalized spacial score (nSPS) is 12.0. The van der Waals surface area contributed by atoms with Crippen molar-refractivity contribution in [2.24, 2.45) is 0 Å². The van der Waals surface area contributed by atoms with E-state index in [4.69, 9.17) is 9.15 Å². The third-order valence-corrected chi connectivity index (χ3v) is 3.71. The first kappa shape index (κ1) is 16.0. The number of benzene rings is 1. The highest BCUT2D eigenvalue weighted by atomic mass is 16.5. The Hall–Kier alpha value is -2.36. The van der Waals surface area contributed by atoms with Gasteiger partial charge in [0.15, 0.2) is 6.10 Å². The fourth-order valence-electron chi connectivity index (χ4n) is 2.24. The van der Waals surface area contributed by atoms with Crippen molar-refractivity contribution in [1.29, 1.82) is 0 Å². The standard InChI is InChI=1S/C18H20O4/c1-10-6-7-15(8-11(10)2)17(19)14(5)22-18(20)16-9-12(3)21-13(16)4/h6-9,14H,1-5H3/t14-/m0/s1. The highest BCUT2D eigenvalue weighted by Crippen LogP contribution is 2.17. The quantitative estimate of drug-likeness (QED) is 0.634. The first-order chi connectivity index (χ1) is 10.3. The lowest BCUT2D eigenvalue weighted by Gasteiger charge is -2.13. The average molecular weight is 300 g/mol. The van der Waals surface area contributed by atoms with Crippen LogP contribution in [0.2, 0.25) is 0 Å². The van der Waals surface area contributed by atoms with Gasteiger partial charge in [-0.05, 0) is 57.9 Å². The van der Waals surface area contributed by atoms with E-state index in [0.29, 0.717) is 22.6 Å². The molecule has 0 aliphatic heterocycles. The number of hydrogen-bond donors (Lipinski definition) is 0. The second-order valence-corrected chi connectivity index (χ2v) is 5.54.